The van der Waals surface area contributed by atoms with E-state index in [1.54, 1.807) is 23.3 Å². The molecule has 8 nitrogen and oxygen atoms in total. The molecule has 3 aromatic rings. The number of nitrogens with zero attached hydrogens (tertiary/aromatic N) is 5. The van der Waals surface area contributed by atoms with Crippen molar-refractivity contribution >= 4 is 17.5 Å². The molecule has 146 valence electrons. The summed E-state index contributed by atoms with van der Waals surface area (Å²) in [6.07, 6.45) is 5.78. The molecule has 1 aliphatic heterocycles. The fourth-order valence-corrected chi connectivity index (χ4v) is 3.03. The molecule has 2 amide bonds. The Morgan fingerprint density at radius 1 is 1.03 bits per heavy atom. The van der Waals surface area contributed by atoms with Crippen LogP contribution in [0.2, 0.25) is 0 Å². The van der Waals surface area contributed by atoms with Crippen LogP contribution in [0.1, 0.15) is 24.0 Å². The van der Waals surface area contributed by atoms with Crippen molar-refractivity contribution in [3.05, 3.63) is 78.2 Å². The first-order valence-corrected chi connectivity index (χ1v) is 9.34. The first kappa shape index (κ1) is 18.5. The van der Waals surface area contributed by atoms with Gasteiger partial charge < -0.3 is 5.32 Å². The minimum absolute atomic E-state index is 0.0802. The SMILES string of the molecule is O=C(NCc1ccnc(-n2cccn2)c1)C1=NN(Cc2ccccc2)C(=O)CC1. The predicted molar refractivity (Wildman–Crippen MR) is 107 cm³/mol. The molecule has 1 N–H and O–H groups in total. The molecule has 8 heteroatoms. The van der Waals surface area contributed by atoms with Gasteiger partial charge in [0.2, 0.25) is 5.91 Å². The van der Waals surface area contributed by atoms with Gasteiger partial charge in [0.25, 0.3) is 5.91 Å². The number of nitrogens with one attached hydrogen (secondary N) is 1. The summed E-state index contributed by atoms with van der Waals surface area (Å²) in [7, 11) is 0. The Morgan fingerprint density at radius 2 is 1.90 bits per heavy atom. The second kappa shape index (κ2) is 8.47. The van der Waals surface area contributed by atoms with Crippen LogP contribution in [0.15, 0.2) is 72.2 Å². The maximum absolute atomic E-state index is 12.6. The van der Waals surface area contributed by atoms with E-state index in [0.717, 1.165) is 11.1 Å². The van der Waals surface area contributed by atoms with Gasteiger partial charge in [0.15, 0.2) is 5.82 Å². The van der Waals surface area contributed by atoms with E-state index in [0.29, 0.717) is 31.0 Å². The van der Waals surface area contributed by atoms with E-state index in [-0.39, 0.29) is 18.2 Å². The van der Waals surface area contributed by atoms with E-state index in [4.69, 9.17) is 0 Å². The van der Waals surface area contributed by atoms with Gasteiger partial charge in [-0.25, -0.2) is 14.7 Å². The molecule has 0 spiro atoms. The van der Waals surface area contributed by atoms with Crippen molar-refractivity contribution in [3.8, 4) is 5.82 Å². The summed E-state index contributed by atoms with van der Waals surface area (Å²) in [5.41, 5.74) is 2.23. The lowest BCUT2D eigenvalue weighted by Crippen LogP contribution is -2.38. The molecule has 1 aliphatic rings. The van der Waals surface area contributed by atoms with Crippen LogP contribution < -0.4 is 5.32 Å². The topological polar surface area (TPSA) is 92.5 Å². The molecular formula is C21H20N6O2. The molecule has 3 heterocycles. The largest absolute Gasteiger partial charge is 0.347 e. The van der Waals surface area contributed by atoms with Crippen molar-refractivity contribution in [2.45, 2.75) is 25.9 Å². The molecule has 4 rings (SSSR count). The average Bonchev–Trinajstić information content (AvgIpc) is 3.30. The normalized spacial score (nSPS) is 13.9. The molecule has 29 heavy (non-hydrogen) atoms. The Kier molecular flexibility index (Phi) is 5.42. The fourth-order valence-electron chi connectivity index (χ4n) is 3.03. The average molecular weight is 388 g/mol. The lowest BCUT2D eigenvalue weighted by atomic mass is 10.1. The minimum atomic E-state index is -0.270. The Hall–Kier alpha value is -3.81. The van der Waals surface area contributed by atoms with Crippen LogP contribution in [-0.4, -0.2) is 37.3 Å². The van der Waals surface area contributed by atoms with E-state index in [2.05, 4.69) is 20.5 Å². The van der Waals surface area contributed by atoms with Gasteiger partial charge >= 0.3 is 0 Å². The lowest BCUT2D eigenvalue weighted by molar-refractivity contribution is -0.132. The molecular weight excluding hydrogens is 368 g/mol. The van der Waals surface area contributed by atoms with Gasteiger partial charge in [-0.05, 0) is 29.3 Å². The first-order valence-electron chi connectivity index (χ1n) is 9.34. The lowest BCUT2D eigenvalue weighted by Gasteiger charge is -2.23. The highest BCUT2D eigenvalue weighted by molar-refractivity contribution is 6.39. The number of carbonyl (C=O) groups is 2. The van der Waals surface area contributed by atoms with E-state index in [9.17, 15) is 9.59 Å². The number of rotatable bonds is 6. The van der Waals surface area contributed by atoms with Gasteiger partial charge in [0.05, 0.1) is 6.54 Å². The number of hydrogen-bond donors (Lipinski definition) is 1. The zero-order chi connectivity index (χ0) is 20.1. The Balaban J connectivity index is 1.41. The molecule has 0 radical (unpaired) electrons. The van der Waals surface area contributed by atoms with E-state index < -0.39 is 0 Å². The van der Waals surface area contributed by atoms with Crippen LogP contribution in [0.3, 0.4) is 0 Å². The second-order valence-electron chi connectivity index (χ2n) is 6.64. The van der Waals surface area contributed by atoms with E-state index in [1.165, 1.54) is 5.01 Å². The number of pyridine rings is 1. The van der Waals surface area contributed by atoms with Crippen molar-refractivity contribution < 1.29 is 9.59 Å². The summed E-state index contributed by atoms with van der Waals surface area (Å²) in [4.78, 5) is 29.0. The van der Waals surface area contributed by atoms with E-state index in [1.807, 2.05) is 48.5 Å². The summed E-state index contributed by atoms with van der Waals surface area (Å²) in [5, 5.41) is 12.7. The summed E-state index contributed by atoms with van der Waals surface area (Å²) in [5.74, 6) is 0.327. The highest BCUT2D eigenvalue weighted by Gasteiger charge is 2.24. The Bertz CT molecular complexity index is 1030. The number of amides is 2. The Labute approximate surface area is 167 Å². The number of benzene rings is 1. The van der Waals surface area contributed by atoms with Crippen molar-refractivity contribution in [1.29, 1.82) is 0 Å². The zero-order valence-corrected chi connectivity index (χ0v) is 15.7. The zero-order valence-electron chi connectivity index (χ0n) is 15.7. The molecule has 0 atom stereocenters. The van der Waals surface area contributed by atoms with Gasteiger partial charge in [-0.3, -0.25) is 9.59 Å². The van der Waals surface area contributed by atoms with Crippen LogP contribution in [0, 0.1) is 0 Å². The van der Waals surface area contributed by atoms with Gasteiger partial charge in [-0.2, -0.15) is 10.2 Å². The molecule has 1 aromatic carbocycles. The number of carbonyl (C=O) groups excluding carboxylic acids is 2. The number of hydrogen-bond acceptors (Lipinski definition) is 5. The van der Waals surface area contributed by atoms with Crippen molar-refractivity contribution in [1.82, 2.24) is 25.1 Å². The van der Waals surface area contributed by atoms with Gasteiger partial charge in [0.1, 0.15) is 5.71 Å². The third-order valence-corrected chi connectivity index (χ3v) is 4.54. The van der Waals surface area contributed by atoms with Crippen LogP contribution in [0.4, 0.5) is 0 Å². The monoisotopic (exact) mass is 388 g/mol. The quantitative estimate of drug-likeness (QED) is 0.700. The fraction of sp³-hybridized carbons (Fsp3) is 0.190. The summed E-state index contributed by atoms with van der Waals surface area (Å²) < 4.78 is 1.66. The van der Waals surface area contributed by atoms with Crippen molar-refractivity contribution in [3.63, 3.8) is 0 Å². The molecule has 0 saturated heterocycles. The molecule has 0 aliphatic carbocycles. The minimum Gasteiger partial charge on any atom is -0.347 e. The third-order valence-electron chi connectivity index (χ3n) is 4.54. The maximum Gasteiger partial charge on any atom is 0.267 e. The van der Waals surface area contributed by atoms with E-state index >= 15 is 0 Å². The second-order valence-corrected chi connectivity index (χ2v) is 6.64. The van der Waals surface area contributed by atoms with Crippen molar-refractivity contribution in [2.24, 2.45) is 5.10 Å². The standard InChI is InChI=1S/C21H20N6O2/c28-20-8-7-18(25-27(20)15-16-5-2-1-3-6-16)21(29)23-14-17-9-11-22-19(13-17)26-12-4-10-24-26/h1-6,9-13H,7-8,14-15H2,(H,23,29). The summed E-state index contributed by atoms with van der Waals surface area (Å²) in [6, 6.07) is 15.1. The third kappa shape index (κ3) is 4.55. The molecule has 0 unspecified atom stereocenters. The highest BCUT2D eigenvalue weighted by atomic mass is 16.2. The molecule has 0 bridgehead atoms. The Morgan fingerprint density at radius 3 is 2.69 bits per heavy atom. The van der Waals surface area contributed by atoms with Crippen LogP contribution >= 0.6 is 0 Å². The van der Waals surface area contributed by atoms with Crippen LogP contribution in [-0.2, 0) is 22.7 Å². The summed E-state index contributed by atoms with van der Waals surface area (Å²) in [6.45, 7) is 0.690. The summed E-state index contributed by atoms with van der Waals surface area (Å²) >= 11 is 0. The van der Waals surface area contributed by atoms with Crippen LogP contribution in [0.5, 0.6) is 0 Å². The molecule has 0 saturated carbocycles. The van der Waals surface area contributed by atoms with Gasteiger partial charge in [-0.15, -0.1) is 0 Å². The number of hydrazone groups is 1. The maximum atomic E-state index is 12.6. The van der Waals surface area contributed by atoms with Gasteiger partial charge in [-0.1, -0.05) is 30.3 Å². The van der Waals surface area contributed by atoms with Crippen molar-refractivity contribution in [2.75, 3.05) is 0 Å². The molecule has 0 fully saturated rings. The smallest absolute Gasteiger partial charge is 0.267 e. The number of aromatic nitrogens is 3. The molecule has 2 aromatic heterocycles. The van der Waals surface area contributed by atoms with Crippen LogP contribution in [0.25, 0.3) is 5.82 Å². The van der Waals surface area contributed by atoms with Gasteiger partial charge in [0, 0.05) is 38.0 Å². The highest BCUT2D eigenvalue weighted by Crippen LogP contribution is 2.14. The predicted octanol–water partition coefficient (Wildman–Crippen LogP) is 2.06. The first-order chi connectivity index (χ1) is 14.2.